The van der Waals surface area contributed by atoms with Crippen LogP contribution >= 0.6 is 11.8 Å². The van der Waals surface area contributed by atoms with E-state index in [1.54, 1.807) is 0 Å². The van der Waals surface area contributed by atoms with Gasteiger partial charge in [0.05, 0.1) is 31.8 Å². The predicted molar refractivity (Wildman–Crippen MR) is 209 cm³/mol. The van der Waals surface area contributed by atoms with Crippen molar-refractivity contribution < 1.29 is 58.8 Å². The van der Waals surface area contributed by atoms with Crippen molar-refractivity contribution in [3.8, 4) is 5.75 Å². The minimum Gasteiger partial charge on any atom is -0.508 e. The van der Waals surface area contributed by atoms with E-state index in [2.05, 4.69) is 44.2 Å². The van der Waals surface area contributed by atoms with Gasteiger partial charge in [-0.05, 0) is 55.9 Å². The highest BCUT2D eigenvalue weighted by molar-refractivity contribution is 7.98. The molecule has 0 aliphatic heterocycles. The predicted octanol–water partition coefficient (Wildman–Crippen LogP) is -6.59. The zero-order chi connectivity index (χ0) is 44.1. The number of phenolic OH excluding ortho intramolecular Hbond substituents is 1. The maximum atomic E-state index is 13.4. The Kier molecular flexibility index (Phi) is 23.1. The third kappa shape index (κ3) is 16.9. The van der Waals surface area contributed by atoms with Crippen LogP contribution in [-0.2, 0) is 44.8 Å². The molecule has 0 saturated heterocycles. The standard InChI is InChI=1S/C34H55N11O12S/c1-16(20(42-37)10-11-58-3)29(52)28(17(2)48)41-34(57)25(15-47)45-44-22(13-27(36)51)30(53)31(54)24(14-46)40-32(55)21(8-9-26(35)50)39-33(56)23(43-38)12-18-4-6-19(49)7-5-18/h4-7,17,20-25,28,42-49H,1,8-15,37-38H2,2-3H3,(H2,35,50)(H2,36,51)(H,39,56)(H,40,55)(H,41,57)/t17-,20+,21+,22+,23+,24+,25+,28+/m1/s1. The molecule has 0 aromatic heterocycles. The van der Waals surface area contributed by atoms with Crippen LogP contribution < -0.4 is 60.8 Å². The lowest BCUT2D eigenvalue weighted by molar-refractivity contribution is -0.142. The van der Waals surface area contributed by atoms with E-state index in [-0.39, 0.29) is 24.2 Å². The van der Waals surface area contributed by atoms with Crippen LogP contribution in [0.15, 0.2) is 36.4 Å². The number of amides is 5. The molecular formula is C34H55N11O12S. The van der Waals surface area contributed by atoms with Gasteiger partial charge in [0.1, 0.15) is 36.0 Å². The number of thioether (sulfide) groups is 1. The highest BCUT2D eigenvalue weighted by Gasteiger charge is 2.37. The Labute approximate surface area is 338 Å². The summed E-state index contributed by atoms with van der Waals surface area (Å²) in [6.45, 7) is 2.79. The van der Waals surface area contributed by atoms with E-state index in [9.17, 15) is 58.8 Å². The average Bonchev–Trinajstić information content (AvgIpc) is 3.18. The lowest BCUT2D eigenvalue weighted by Crippen LogP contribution is -2.62. The lowest BCUT2D eigenvalue weighted by atomic mass is 9.95. The first-order valence-electron chi connectivity index (χ1n) is 17.7. The minimum atomic E-state index is -1.98. The number of benzene rings is 1. The van der Waals surface area contributed by atoms with Crippen molar-refractivity contribution in [2.75, 3.05) is 25.2 Å². The SMILES string of the molecule is C=C(C(=O)[C@@H](NC(=O)[C@H](CO)NN[C@@H](CC(N)=O)C(=O)C(=O)[C@H](CO)NC(=O)[C@H](CCC(N)=O)NC(=O)[C@H](Cc1ccc(O)cc1)NN)[C@@H](C)O)[C@H](CCSC)NN. The van der Waals surface area contributed by atoms with E-state index in [4.69, 9.17) is 23.2 Å². The van der Waals surface area contributed by atoms with Crippen molar-refractivity contribution in [1.82, 2.24) is 37.7 Å². The molecule has 1 aromatic rings. The maximum absolute atomic E-state index is 13.4. The number of ketones is 3. The van der Waals surface area contributed by atoms with E-state index in [0.717, 1.165) is 0 Å². The third-order valence-electron chi connectivity index (χ3n) is 8.53. The molecule has 324 valence electrons. The largest absolute Gasteiger partial charge is 0.508 e. The van der Waals surface area contributed by atoms with Crippen LogP contribution in [0.3, 0.4) is 0 Å². The van der Waals surface area contributed by atoms with E-state index < -0.39 is 121 Å². The number of rotatable bonds is 30. The summed E-state index contributed by atoms with van der Waals surface area (Å²) in [5, 5.41) is 46.6. The van der Waals surface area contributed by atoms with Crippen LogP contribution in [0.5, 0.6) is 5.75 Å². The molecule has 24 heteroatoms. The number of Topliss-reactive ketones (excluding diaryl/α,β-unsaturated/α-hetero) is 3. The van der Waals surface area contributed by atoms with E-state index >= 15 is 0 Å². The lowest BCUT2D eigenvalue weighted by Gasteiger charge is -2.27. The number of aliphatic hydroxyl groups is 3. The Balaban J connectivity index is 3.15. The van der Waals surface area contributed by atoms with Gasteiger partial charge in [-0.1, -0.05) is 18.7 Å². The van der Waals surface area contributed by atoms with Gasteiger partial charge in [0.15, 0.2) is 5.78 Å². The van der Waals surface area contributed by atoms with E-state index in [1.807, 2.05) is 6.26 Å². The number of hydrogen-bond donors (Lipinski definition) is 15. The Hall–Kier alpha value is -4.89. The number of primary amides is 2. The average molecular weight is 842 g/mol. The van der Waals surface area contributed by atoms with Gasteiger partial charge < -0.3 is 47.8 Å². The van der Waals surface area contributed by atoms with Crippen molar-refractivity contribution in [3.05, 3.63) is 42.0 Å². The van der Waals surface area contributed by atoms with Gasteiger partial charge >= 0.3 is 0 Å². The summed E-state index contributed by atoms with van der Waals surface area (Å²) in [5.74, 6) is 2.96. The van der Waals surface area contributed by atoms with Gasteiger partial charge in [0.25, 0.3) is 0 Å². The number of hydrazine groups is 3. The van der Waals surface area contributed by atoms with E-state index in [1.165, 1.54) is 43.0 Å². The molecule has 0 unspecified atom stereocenters. The number of nitrogens with one attached hydrogen (secondary N) is 7. The summed E-state index contributed by atoms with van der Waals surface area (Å²) in [6.07, 6.45) is -0.933. The molecule has 5 amide bonds. The Morgan fingerprint density at radius 3 is 1.72 bits per heavy atom. The van der Waals surface area contributed by atoms with Crippen molar-refractivity contribution >= 4 is 58.6 Å². The molecule has 19 N–H and O–H groups in total. The molecule has 58 heavy (non-hydrogen) atoms. The van der Waals surface area contributed by atoms with Crippen molar-refractivity contribution in [3.63, 3.8) is 0 Å². The summed E-state index contributed by atoms with van der Waals surface area (Å²) in [6, 6.07) is -4.67. The second-order valence-corrected chi connectivity index (χ2v) is 14.0. The van der Waals surface area contributed by atoms with Crippen LogP contribution in [0, 0.1) is 0 Å². The molecule has 8 atom stereocenters. The molecule has 0 radical (unpaired) electrons. The number of aromatic hydroxyl groups is 1. The molecule has 1 rings (SSSR count). The molecule has 0 aliphatic rings. The zero-order valence-corrected chi connectivity index (χ0v) is 32.9. The van der Waals surface area contributed by atoms with Gasteiger partial charge in [0.2, 0.25) is 41.1 Å². The summed E-state index contributed by atoms with van der Waals surface area (Å²) in [5.41, 5.74) is 20.3. The van der Waals surface area contributed by atoms with Crippen LogP contribution in [0.1, 0.15) is 38.2 Å². The number of phenols is 1. The van der Waals surface area contributed by atoms with Crippen LogP contribution in [-0.4, -0.2) is 141 Å². The van der Waals surface area contributed by atoms with Crippen LogP contribution in [0.25, 0.3) is 0 Å². The maximum Gasteiger partial charge on any atom is 0.243 e. The Morgan fingerprint density at radius 1 is 0.707 bits per heavy atom. The van der Waals surface area contributed by atoms with Crippen molar-refractivity contribution in [1.29, 1.82) is 0 Å². The fraction of sp³-hybridized carbons (Fsp3) is 0.529. The molecule has 0 fully saturated rings. The van der Waals surface area contributed by atoms with Crippen molar-refractivity contribution in [2.24, 2.45) is 23.2 Å². The minimum absolute atomic E-state index is 0.0133. The smallest absolute Gasteiger partial charge is 0.243 e. The molecule has 0 heterocycles. The number of carbonyl (C=O) groups excluding carboxylic acids is 8. The number of aliphatic hydroxyl groups excluding tert-OH is 3. The summed E-state index contributed by atoms with van der Waals surface area (Å²) < 4.78 is 0. The normalized spacial score (nSPS) is 15.3. The topological polar surface area (TPSA) is 406 Å². The second-order valence-electron chi connectivity index (χ2n) is 13.0. The quantitative estimate of drug-likeness (QED) is 0.0148. The third-order valence-corrected chi connectivity index (χ3v) is 9.17. The number of nitrogens with two attached hydrogens (primary N) is 4. The number of carbonyl (C=O) groups is 8. The van der Waals surface area contributed by atoms with Crippen LogP contribution in [0.2, 0.25) is 0 Å². The van der Waals surface area contributed by atoms with Gasteiger partial charge in [-0.3, -0.25) is 55.5 Å². The molecular weight excluding hydrogens is 787 g/mol. The highest BCUT2D eigenvalue weighted by atomic mass is 32.2. The number of hydrogen-bond acceptors (Lipinski definition) is 19. The summed E-state index contributed by atoms with van der Waals surface area (Å²) >= 11 is 1.48. The zero-order valence-electron chi connectivity index (χ0n) is 32.1. The highest BCUT2D eigenvalue weighted by Crippen LogP contribution is 2.14. The first-order chi connectivity index (χ1) is 27.3. The molecule has 23 nitrogen and oxygen atoms in total. The van der Waals surface area contributed by atoms with Crippen LogP contribution in [0.4, 0.5) is 0 Å². The fourth-order valence-electron chi connectivity index (χ4n) is 5.16. The fourth-order valence-corrected chi connectivity index (χ4v) is 5.63. The van der Waals surface area contributed by atoms with Gasteiger partial charge in [-0.25, -0.2) is 16.3 Å². The van der Waals surface area contributed by atoms with E-state index in [0.29, 0.717) is 17.7 Å². The molecule has 1 aromatic carbocycles. The molecule has 0 aliphatic carbocycles. The molecule has 0 saturated carbocycles. The summed E-state index contributed by atoms with van der Waals surface area (Å²) in [7, 11) is 0. The first kappa shape index (κ1) is 51.1. The van der Waals surface area contributed by atoms with Crippen molar-refractivity contribution in [2.45, 2.75) is 87.4 Å². The van der Waals surface area contributed by atoms with Gasteiger partial charge in [-0.2, -0.15) is 11.8 Å². The first-order valence-corrected chi connectivity index (χ1v) is 19.1. The Morgan fingerprint density at radius 2 is 1.22 bits per heavy atom. The summed E-state index contributed by atoms with van der Waals surface area (Å²) in [4.78, 5) is 103. The van der Waals surface area contributed by atoms with Gasteiger partial charge in [-0.15, -0.1) is 0 Å². The monoisotopic (exact) mass is 841 g/mol. The second kappa shape index (κ2) is 26.2. The molecule has 0 spiro atoms. The molecule has 0 bridgehead atoms. The Bertz CT molecular complexity index is 1600. The van der Waals surface area contributed by atoms with Gasteiger partial charge in [0, 0.05) is 18.0 Å².